The van der Waals surface area contributed by atoms with Crippen molar-refractivity contribution in [1.82, 2.24) is 4.90 Å². The summed E-state index contributed by atoms with van der Waals surface area (Å²) in [6, 6.07) is 5.38. The van der Waals surface area contributed by atoms with Crippen LogP contribution in [0.3, 0.4) is 0 Å². The Hall–Kier alpha value is -1.77. The van der Waals surface area contributed by atoms with Gasteiger partial charge in [-0.3, -0.25) is 4.79 Å². The van der Waals surface area contributed by atoms with Gasteiger partial charge in [-0.15, -0.1) is 0 Å². The first kappa shape index (κ1) is 34.1. The van der Waals surface area contributed by atoms with Crippen LogP contribution in [0.25, 0.3) is 0 Å². The van der Waals surface area contributed by atoms with Crippen LogP contribution in [0.1, 0.15) is 114 Å². The largest absolute Gasteiger partial charge is 0.508 e. The second-order valence-corrected chi connectivity index (χ2v) is 13.9. The van der Waals surface area contributed by atoms with Crippen molar-refractivity contribution in [3.8, 4) is 5.75 Å². The van der Waals surface area contributed by atoms with Gasteiger partial charge in [-0.25, -0.2) is 4.39 Å². The van der Waals surface area contributed by atoms with E-state index in [1.165, 1.54) is 0 Å². The highest BCUT2D eigenvalue weighted by Crippen LogP contribution is 2.62. The number of rotatable bonds is 15. The van der Waals surface area contributed by atoms with Gasteiger partial charge in [0, 0.05) is 24.2 Å². The van der Waals surface area contributed by atoms with Gasteiger partial charge in [-0.05, 0) is 106 Å². The number of fused-ring (bicyclic) bond motifs is 5. The molecule has 244 valence electrons. The molecule has 0 radical (unpaired) electrons. The average Bonchev–Trinajstić information content (AvgIpc) is 3.22. The van der Waals surface area contributed by atoms with Gasteiger partial charge in [-0.1, -0.05) is 51.5 Å². The first-order chi connectivity index (χ1) is 20.2. The maximum absolute atomic E-state index is 15.9. The van der Waals surface area contributed by atoms with E-state index in [1.54, 1.807) is 12.1 Å². The Kier molecular flexibility index (Phi) is 11.2. The lowest BCUT2D eigenvalue weighted by molar-refractivity contribution is -0.284. The Morgan fingerprint density at radius 1 is 0.953 bits per heavy atom. The zero-order valence-corrected chi connectivity index (χ0v) is 25.7. The number of unbranched alkanes of at least 4 members (excludes halogenated alkanes) is 7. The molecule has 1 aromatic rings. The summed E-state index contributed by atoms with van der Waals surface area (Å²) >= 11 is 0. The maximum Gasteiger partial charge on any atom is 0.453 e. The van der Waals surface area contributed by atoms with Crippen LogP contribution in [-0.2, 0) is 11.2 Å². The number of benzene rings is 1. The number of Topliss-reactive ketones (excluding diaryl/α,β-unsaturated/α-hetero) is 1. The summed E-state index contributed by atoms with van der Waals surface area (Å²) in [6.07, 6.45) is 2.71. The molecule has 0 bridgehead atoms. The lowest BCUT2D eigenvalue weighted by atomic mass is 9.51. The van der Waals surface area contributed by atoms with Crippen molar-refractivity contribution in [2.75, 3.05) is 20.1 Å². The van der Waals surface area contributed by atoms with Crippen LogP contribution in [-0.4, -0.2) is 54.2 Å². The molecule has 0 spiro atoms. The van der Waals surface area contributed by atoms with Crippen LogP contribution >= 0.6 is 0 Å². The van der Waals surface area contributed by atoms with E-state index in [0.717, 1.165) is 82.0 Å². The second-order valence-electron chi connectivity index (χ2n) is 13.9. The molecule has 1 aromatic carbocycles. The monoisotopic (exact) mass is 617 g/mol. The quantitative estimate of drug-likeness (QED) is 0.157. The van der Waals surface area contributed by atoms with Gasteiger partial charge >= 0.3 is 12.1 Å². The van der Waals surface area contributed by atoms with Crippen molar-refractivity contribution in [1.29, 1.82) is 0 Å². The van der Waals surface area contributed by atoms with Crippen molar-refractivity contribution >= 4 is 5.78 Å². The van der Waals surface area contributed by atoms with Crippen LogP contribution in [0.5, 0.6) is 5.75 Å². The van der Waals surface area contributed by atoms with Gasteiger partial charge < -0.3 is 10.0 Å². The Balaban J connectivity index is 1.16. The van der Waals surface area contributed by atoms with Crippen LogP contribution < -0.4 is 0 Å². The molecule has 3 aliphatic rings. The third kappa shape index (κ3) is 7.91. The van der Waals surface area contributed by atoms with Crippen molar-refractivity contribution in [2.45, 2.75) is 127 Å². The highest BCUT2D eigenvalue weighted by Gasteiger charge is 2.60. The van der Waals surface area contributed by atoms with E-state index in [9.17, 15) is 31.9 Å². The van der Waals surface area contributed by atoms with Crippen molar-refractivity contribution in [2.24, 2.45) is 23.2 Å². The van der Waals surface area contributed by atoms with Gasteiger partial charge in [0.05, 0.1) is 0 Å². The molecule has 1 N–H and O–H groups in total. The molecule has 3 aliphatic carbocycles. The molecule has 6 atom stereocenters. The van der Waals surface area contributed by atoms with E-state index in [-0.39, 0.29) is 35.7 Å². The number of aromatic hydroxyl groups is 1. The zero-order chi connectivity index (χ0) is 31.4. The predicted molar refractivity (Wildman–Crippen MR) is 156 cm³/mol. The number of carbonyl (C=O) groups is 1. The average molecular weight is 618 g/mol. The molecular weight excluding hydrogens is 568 g/mol. The lowest BCUT2D eigenvalue weighted by Gasteiger charge is -2.53. The van der Waals surface area contributed by atoms with Crippen LogP contribution in [0, 0.1) is 23.2 Å². The number of alkyl halides is 6. The number of hydrogen-bond acceptors (Lipinski definition) is 3. The van der Waals surface area contributed by atoms with E-state index >= 15 is 4.39 Å². The van der Waals surface area contributed by atoms with Crippen LogP contribution in [0.2, 0.25) is 0 Å². The minimum atomic E-state index is -5.46. The minimum absolute atomic E-state index is 0.115. The zero-order valence-electron chi connectivity index (χ0n) is 25.7. The SMILES string of the molecule is CN(CCCCCCCCC(F)(F)C(F)(F)F)CCCCC[C@@H]1Cc2cc(O)ccc2[C@@H]2[C@@H]1[C@@H]1CCC(=O)[C@@]1(C)C[C@@H]2F. The van der Waals surface area contributed by atoms with Gasteiger partial charge in [0.25, 0.3) is 0 Å². The standard InChI is InChI=1S/C34H49F6NO2/c1-32-22-28(35)31-26-14-13-25(42)21-24(26)20-23(30(31)27(32)15-16-29(32)43)12-8-7-11-19-41(2)18-10-6-4-3-5-9-17-33(36,37)34(38,39)40/h13-14,21,23,27-28,30-31,42H,3-12,15-20,22H2,1-2H3/t23-,27+,28+,30+,31+,32+/m1/s1. The molecule has 43 heavy (non-hydrogen) atoms. The van der Waals surface area contributed by atoms with Gasteiger partial charge in [-0.2, -0.15) is 22.0 Å². The fourth-order valence-corrected chi connectivity index (χ4v) is 8.49. The van der Waals surface area contributed by atoms with Gasteiger partial charge in [0.1, 0.15) is 17.7 Å². The normalized spacial score (nSPS) is 29.0. The first-order valence-corrected chi connectivity index (χ1v) is 16.4. The van der Waals surface area contributed by atoms with E-state index in [2.05, 4.69) is 11.9 Å². The number of ketones is 1. The summed E-state index contributed by atoms with van der Waals surface area (Å²) in [5.41, 5.74) is 1.52. The molecule has 0 saturated heterocycles. The lowest BCUT2D eigenvalue weighted by Crippen LogP contribution is -2.50. The number of halogens is 6. The fourth-order valence-electron chi connectivity index (χ4n) is 8.49. The summed E-state index contributed by atoms with van der Waals surface area (Å²) in [7, 11) is 2.08. The van der Waals surface area contributed by atoms with Gasteiger partial charge in [0.15, 0.2) is 0 Å². The molecule has 0 unspecified atom stereocenters. The van der Waals surface area contributed by atoms with E-state index in [1.807, 2.05) is 13.0 Å². The topological polar surface area (TPSA) is 40.5 Å². The van der Waals surface area contributed by atoms with Crippen LogP contribution in [0.4, 0.5) is 26.3 Å². The van der Waals surface area contributed by atoms with E-state index in [0.29, 0.717) is 31.6 Å². The highest BCUT2D eigenvalue weighted by atomic mass is 19.4. The number of hydrogen-bond donors (Lipinski definition) is 1. The molecule has 4 rings (SSSR count). The molecule has 0 aromatic heterocycles. The maximum atomic E-state index is 15.9. The molecule has 0 aliphatic heterocycles. The Morgan fingerprint density at radius 2 is 1.58 bits per heavy atom. The Bertz CT molecular complexity index is 1080. The molecule has 2 fully saturated rings. The molecular formula is C34H49F6NO2. The Labute approximate surface area is 252 Å². The number of phenolic OH excluding ortho intramolecular Hbond substituents is 1. The number of carbonyl (C=O) groups excluding carboxylic acids is 1. The molecule has 0 heterocycles. The van der Waals surface area contributed by atoms with Crippen molar-refractivity contribution in [3.05, 3.63) is 29.3 Å². The summed E-state index contributed by atoms with van der Waals surface area (Å²) in [5, 5.41) is 10.1. The summed E-state index contributed by atoms with van der Waals surface area (Å²) in [4.78, 5) is 15.1. The predicted octanol–water partition coefficient (Wildman–Crippen LogP) is 9.41. The molecule has 3 nitrogen and oxygen atoms in total. The Morgan fingerprint density at radius 3 is 2.26 bits per heavy atom. The van der Waals surface area contributed by atoms with Crippen molar-refractivity contribution < 1.29 is 36.2 Å². The molecule has 9 heteroatoms. The first-order valence-electron chi connectivity index (χ1n) is 16.4. The van der Waals surface area contributed by atoms with Gasteiger partial charge in [0.2, 0.25) is 0 Å². The van der Waals surface area contributed by atoms with E-state index < -0.39 is 30.1 Å². The third-order valence-corrected chi connectivity index (χ3v) is 10.8. The summed E-state index contributed by atoms with van der Waals surface area (Å²) < 4.78 is 78.4. The van der Waals surface area contributed by atoms with Crippen LogP contribution in [0.15, 0.2) is 18.2 Å². The third-order valence-electron chi connectivity index (χ3n) is 10.8. The van der Waals surface area contributed by atoms with Crippen molar-refractivity contribution in [3.63, 3.8) is 0 Å². The summed E-state index contributed by atoms with van der Waals surface area (Å²) in [6.45, 7) is 3.88. The fraction of sp³-hybridized carbons (Fsp3) is 0.794. The smallest absolute Gasteiger partial charge is 0.453 e. The number of nitrogens with zero attached hydrogens (tertiary/aromatic N) is 1. The minimum Gasteiger partial charge on any atom is -0.508 e. The summed E-state index contributed by atoms with van der Waals surface area (Å²) in [5.74, 6) is -3.68. The van der Waals surface area contributed by atoms with E-state index in [4.69, 9.17) is 0 Å². The second kappa shape index (κ2) is 14.1. The molecule has 0 amide bonds. The molecule has 2 saturated carbocycles. The highest BCUT2D eigenvalue weighted by molar-refractivity contribution is 5.87. The number of phenols is 1.